The number of nitrogens with zero attached hydrogens (tertiary/aromatic N) is 3. The van der Waals surface area contributed by atoms with Crippen LogP contribution in [0.4, 0.5) is 5.95 Å². The van der Waals surface area contributed by atoms with Crippen LogP contribution in [0.2, 0.25) is 0 Å². The molecule has 0 aromatic carbocycles. The largest absolute Gasteiger partial charge is 0.396 e. The van der Waals surface area contributed by atoms with E-state index in [0.717, 1.165) is 0 Å². The van der Waals surface area contributed by atoms with Gasteiger partial charge in [-0.25, -0.2) is 9.78 Å². The molecule has 0 bridgehead atoms. The highest BCUT2D eigenvalue weighted by Gasteiger charge is 2.34. The molecule has 0 spiro atoms. The molecular weight excluding hydrogens is 212 g/mol. The Balaban J connectivity index is 2.23. The van der Waals surface area contributed by atoms with E-state index in [9.17, 15) is 9.90 Å². The van der Waals surface area contributed by atoms with Gasteiger partial charge in [-0.05, 0) is 12.8 Å². The topological polar surface area (TPSA) is 114 Å². The Bertz CT molecular complexity index is 433. The zero-order chi connectivity index (χ0) is 11.7. The molecule has 0 aliphatic heterocycles. The molecule has 1 aromatic heterocycles. The second kappa shape index (κ2) is 4.18. The Kier molecular flexibility index (Phi) is 2.88. The first-order chi connectivity index (χ1) is 7.61. The molecule has 16 heavy (non-hydrogen) atoms. The Morgan fingerprint density at radius 3 is 2.88 bits per heavy atom. The van der Waals surface area contributed by atoms with Crippen LogP contribution in [-0.2, 0) is 0 Å². The minimum Gasteiger partial charge on any atom is -0.396 e. The molecule has 1 aromatic rings. The lowest BCUT2D eigenvalue weighted by molar-refractivity contribution is 0.0906. The Hall–Kier alpha value is -1.47. The van der Waals surface area contributed by atoms with Crippen molar-refractivity contribution in [2.45, 2.75) is 25.0 Å². The number of anilines is 1. The first-order valence-electron chi connectivity index (χ1n) is 5.11. The molecule has 7 nitrogen and oxygen atoms in total. The standard InChI is InChI=1S/C9H14N4O3/c10-8-11-4-13(9(16)12-8)6-1-5(3-14)7(15)2-6/h4-7,14-15H,1-3H2,(H2,10,12,16). The minimum absolute atomic E-state index is 0.0569. The van der Waals surface area contributed by atoms with Crippen molar-refractivity contribution in [1.82, 2.24) is 14.5 Å². The molecule has 1 fully saturated rings. The van der Waals surface area contributed by atoms with E-state index in [1.807, 2.05) is 0 Å². The molecule has 2 rings (SSSR count). The molecule has 4 N–H and O–H groups in total. The third-order valence-corrected chi connectivity index (χ3v) is 3.01. The van der Waals surface area contributed by atoms with Gasteiger partial charge in [0.25, 0.3) is 0 Å². The molecule has 88 valence electrons. The highest BCUT2D eigenvalue weighted by Crippen LogP contribution is 2.33. The predicted octanol–water partition coefficient (Wildman–Crippen LogP) is -1.48. The SMILES string of the molecule is Nc1ncn(C2CC(O)C(CO)C2)c(=O)n1. The van der Waals surface area contributed by atoms with Gasteiger partial charge < -0.3 is 15.9 Å². The first kappa shape index (κ1) is 11.0. The highest BCUT2D eigenvalue weighted by atomic mass is 16.3. The normalized spacial score (nSPS) is 29.5. The molecule has 1 aliphatic carbocycles. The van der Waals surface area contributed by atoms with Gasteiger partial charge >= 0.3 is 5.69 Å². The van der Waals surface area contributed by atoms with E-state index in [-0.39, 0.29) is 24.5 Å². The summed E-state index contributed by atoms with van der Waals surface area (Å²) < 4.78 is 1.36. The van der Waals surface area contributed by atoms with Gasteiger partial charge in [-0.1, -0.05) is 0 Å². The number of aliphatic hydroxyl groups excluding tert-OH is 2. The maximum absolute atomic E-state index is 11.5. The molecule has 0 amide bonds. The fourth-order valence-electron chi connectivity index (χ4n) is 2.10. The third-order valence-electron chi connectivity index (χ3n) is 3.01. The van der Waals surface area contributed by atoms with E-state index in [4.69, 9.17) is 10.8 Å². The molecule has 3 unspecified atom stereocenters. The second-order valence-electron chi connectivity index (χ2n) is 4.04. The summed E-state index contributed by atoms with van der Waals surface area (Å²) in [5, 5.41) is 18.6. The Morgan fingerprint density at radius 1 is 1.56 bits per heavy atom. The van der Waals surface area contributed by atoms with Gasteiger partial charge in [0.15, 0.2) is 0 Å². The van der Waals surface area contributed by atoms with Crippen molar-refractivity contribution >= 4 is 5.95 Å². The molecule has 1 aliphatic rings. The fraction of sp³-hybridized carbons (Fsp3) is 0.667. The summed E-state index contributed by atoms with van der Waals surface area (Å²) in [7, 11) is 0. The smallest absolute Gasteiger partial charge is 0.352 e. The molecule has 0 radical (unpaired) electrons. The van der Waals surface area contributed by atoms with Crippen LogP contribution in [0.25, 0.3) is 0 Å². The quantitative estimate of drug-likeness (QED) is 0.567. The molecule has 7 heteroatoms. The van der Waals surface area contributed by atoms with Crippen LogP contribution >= 0.6 is 0 Å². The van der Waals surface area contributed by atoms with Gasteiger partial charge in [0.05, 0.1) is 6.10 Å². The molecule has 0 saturated heterocycles. The molecule has 3 atom stereocenters. The van der Waals surface area contributed by atoms with Crippen LogP contribution in [0.5, 0.6) is 0 Å². The number of rotatable bonds is 2. The zero-order valence-corrected chi connectivity index (χ0v) is 8.65. The van der Waals surface area contributed by atoms with Gasteiger partial charge in [-0.15, -0.1) is 0 Å². The van der Waals surface area contributed by atoms with Crippen LogP contribution < -0.4 is 11.4 Å². The average Bonchev–Trinajstić information content (AvgIpc) is 2.59. The maximum atomic E-state index is 11.5. The lowest BCUT2D eigenvalue weighted by atomic mass is 10.1. The number of hydrogen-bond acceptors (Lipinski definition) is 6. The van der Waals surface area contributed by atoms with Crippen molar-refractivity contribution in [1.29, 1.82) is 0 Å². The monoisotopic (exact) mass is 226 g/mol. The maximum Gasteiger partial charge on any atom is 0.352 e. The van der Waals surface area contributed by atoms with Crippen molar-refractivity contribution in [3.05, 3.63) is 16.8 Å². The van der Waals surface area contributed by atoms with E-state index >= 15 is 0 Å². The van der Waals surface area contributed by atoms with Crippen LogP contribution in [0.3, 0.4) is 0 Å². The van der Waals surface area contributed by atoms with Gasteiger partial charge in [0.2, 0.25) is 5.95 Å². The molecule has 1 heterocycles. The van der Waals surface area contributed by atoms with Crippen LogP contribution in [0, 0.1) is 5.92 Å². The van der Waals surface area contributed by atoms with Gasteiger partial charge in [0, 0.05) is 18.6 Å². The number of nitrogen functional groups attached to an aromatic ring is 1. The van der Waals surface area contributed by atoms with E-state index < -0.39 is 11.8 Å². The summed E-state index contributed by atoms with van der Waals surface area (Å²) in [6.07, 6.45) is 1.73. The van der Waals surface area contributed by atoms with E-state index in [0.29, 0.717) is 12.8 Å². The van der Waals surface area contributed by atoms with E-state index in [2.05, 4.69) is 9.97 Å². The fourth-order valence-corrected chi connectivity index (χ4v) is 2.10. The van der Waals surface area contributed by atoms with E-state index in [1.54, 1.807) is 0 Å². The first-order valence-corrected chi connectivity index (χ1v) is 5.11. The summed E-state index contributed by atoms with van der Waals surface area (Å²) in [6.45, 7) is -0.0811. The number of hydrogen-bond donors (Lipinski definition) is 3. The molecular formula is C9H14N4O3. The summed E-state index contributed by atoms with van der Waals surface area (Å²) in [4.78, 5) is 18.8. The van der Waals surface area contributed by atoms with Crippen molar-refractivity contribution in [2.24, 2.45) is 5.92 Å². The summed E-state index contributed by atoms with van der Waals surface area (Å²) in [5.41, 5.74) is 4.81. The summed E-state index contributed by atoms with van der Waals surface area (Å²) in [6, 6.07) is -0.166. The summed E-state index contributed by atoms with van der Waals surface area (Å²) >= 11 is 0. The van der Waals surface area contributed by atoms with Gasteiger partial charge in [0.1, 0.15) is 6.33 Å². The van der Waals surface area contributed by atoms with Crippen molar-refractivity contribution in [2.75, 3.05) is 12.3 Å². The Labute approximate surface area is 91.6 Å². The van der Waals surface area contributed by atoms with Crippen molar-refractivity contribution in [3.63, 3.8) is 0 Å². The van der Waals surface area contributed by atoms with Crippen LogP contribution in [0.15, 0.2) is 11.1 Å². The highest BCUT2D eigenvalue weighted by molar-refractivity contribution is 5.10. The second-order valence-corrected chi connectivity index (χ2v) is 4.04. The third kappa shape index (κ3) is 1.91. The Morgan fingerprint density at radius 2 is 2.31 bits per heavy atom. The number of aliphatic hydroxyl groups is 2. The minimum atomic E-state index is -0.584. The average molecular weight is 226 g/mol. The molecule has 1 saturated carbocycles. The van der Waals surface area contributed by atoms with Crippen molar-refractivity contribution in [3.8, 4) is 0 Å². The lowest BCUT2D eigenvalue weighted by Crippen LogP contribution is -2.27. The predicted molar refractivity (Wildman–Crippen MR) is 55.6 cm³/mol. The number of nitrogens with two attached hydrogens (primary N) is 1. The van der Waals surface area contributed by atoms with Gasteiger partial charge in [-0.2, -0.15) is 4.98 Å². The van der Waals surface area contributed by atoms with Gasteiger partial charge in [-0.3, -0.25) is 4.57 Å². The lowest BCUT2D eigenvalue weighted by Gasteiger charge is -2.11. The van der Waals surface area contributed by atoms with E-state index in [1.165, 1.54) is 10.9 Å². The zero-order valence-electron chi connectivity index (χ0n) is 8.65. The van der Waals surface area contributed by atoms with Crippen molar-refractivity contribution < 1.29 is 10.2 Å². The van der Waals surface area contributed by atoms with Crippen LogP contribution in [-0.4, -0.2) is 37.5 Å². The van der Waals surface area contributed by atoms with Crippen LogP contribution in [0.1, 0.15) is 18.9 Å². The summed E-state index contributed by atoms with van der Waals surface area (Å²) in [5.74, 6) is -0.243. The number of aromatic nitrogens is 3.